The van der Waals surface area contributed by atoms with Gasteiger partial charge >= 0.3 is 12.1 Å². The number of carbonyl (C=O) groups is 2. The van der Waals surface area contributed by atoms with Crippen LogP contribution in [0.4, 0.5) is 18.9 Å². The standard InChI is InChI=1S/C22H15F3N4O5/c23-22(24,25)12-3-1-11(2-4-12)15-9-29-18-13(5-10(7-26)6-14(18)28-15)19(32)17(21(29)34)20(33)27-8-16(30)31/h1-6,15,28,32H,8-9H2,(H,27,33)(H,30,31). The van der Waals surface area contributed by atoms with E-state index in [-0.39, 0.29) is 28.7 Å². The number of carboxylic acid groups (broad SMARTS) is 1. The first-order valence-electron chi connectivity index (χ1n) is 9.78. The molecular weight excluding hydrogens is 457 g/mol. The topological polar surface area (TPSA) is 144 Å². The van der Waals surface area contributed by atoms with Gasteiger partial charge in [0.1, 0.15) is 17.9 Å². The molecule has 1 amide bonds. The molecular formula is C22H15F3N4O5. The molecule has 4 rings (SSSR count). The highest BCUT2D eigenvalue weighted by atomic mass is 19.4. The lowest BCUT2D eigenvalue weighted by Crippen LogP contribution is -2.38. The summed E-state index contributed by atoms with van der Waals surface area (Å²) in [6.07, 6.45) is -4.52. The van der Waals surface area contributed by atoms with Crippen LogP contribution in [0, 0.1) is 11.3 Å². The molecule has 0 bridgehead atoms. The number of benzene rings is 2. The van der Waals surface area contributed by atoms with Crippen molar-refractivity contribution < 1.29 is 33.0 Å². The summed E-state index contributed by atoms with van der Waals surface area (Å²) in [6.45, 7) is -0.909. The van der Waals surface area contributed by atoms with Crippen LogP contribution in [0.25, 0.3) is 10.9 Å². The molecule has 1 aromatic heterocycles. The number of anilines is 1. The molecule has 0 fully saturated rings. The van der Waals surface area contributed by atoms with Crippen LogP contribution < -0.4 is 16.2 Å². The highest BCUT2D eigenvalue weighted by Crippen LogP contribution is 2.38. The fourth-order valence-corrected chi connectivity index (χ4v) is 3.89. The van der Waals surface area contributed by atoms with Gasteiger partial charge in [-0.15, -0.1) is 0 Å². The number of carboxylic acids is 1. The molecule has 0 radical (unpaired) electrons. The molecule has 0 spiro atoms. The summed E-state index contributed by atoms with van der Waals surface area (Å²) in [4.78, 5) is 36.5. The first-order valence-corrected chi connectivity index (χ1v) is 9.78. The van der Waals surface area contributed by atoms with Gasteiger partial charge in [0.2, 0.25) is 0 Å². The number of rotatable bonds is 4. The predicted octanol–water partition coefficient (Wildman–Crippen LogP) is 2.58. The van der Waals surface area contributed by atoms with Gasteiger partial charge in [0.05, 0.1) is 41.0 Å². The Hall–Kier alpha value is -4.53. The summed E-state index contributed by atoms with van der Waals surface area (Å²) in [7, 11) is 0. The van der Waals surface area contributed by atoms with Crippen LogP contribution in [0.1, 0.15) is 33.1 Å². The van der Waals surface area contributed by atoms with Crippen LogP contribution in [-0.2, 0) is 17.5 Å². The number of amides is 1. The Morgan fingerprint density at radius 3 is 2.50 bits per heavy atom. The molecule has 12 heteroatoms. The van der Waals surface area contributed by atoms with Gasteiger partial charge in [-0.25, -0.2) is 0 Å². The number of aromatic hydroxyl groups is 1. The summed E-state index contributed by atoms with van der Waals surface area (Å²) < 4.78 is 40.0. The number of hydrogen-bond donors (Lipinski definition) is 4. The second kappa shape index (κ2) is 8.11. The third kappa shape index (κ3) is 3.88. The maximum absolute atomic E-state index is 13.2. The molecule has 1 aliphatic rings. The van der Waals surface area contributed by atoms with Crippen molar-refractivity contribution in [3.05, 3.63) is 69.0 Å². The summed E-state index contributed by atoms with van der Waals surface area (Å²) in [5, 5.41) is 34.0. The molecule has 9 nitrogen and oxygen atoms in total. The smallest absolute Gasteiger partial charge is 0.416 e. The predicted molar refractivity (Wildman–Crippen MR) is 112 cm³/mol. The second-order valence-electron chi connectivity index (χ2n) is 7.56. The van der Waals surface area contributed by atoms with Gasteiger partial charge in [0, 0.05) is 5.39 Å². The van der Waals surface area contributed by atoms with Crippen molar-refractivity contribution in [2.75, 3.05) is 11.9 Å². The average molecular weight is 472 g/mol. The Bertz CT molecular complexity index is 1440. The number of carbonyl (C=O) groups excluding carboxylic acids is 1. The molecule has 4 N–H and O–H groups in total. The summed E-state index contributed by atoms with van der Waals surface area (Å²) in [6, 6.07) is 8.20. The lowest BCUT2D eigenvalue weighted by molar-refractivity contribution is -0.138. The monoisotopic (exact) mass is 472 g/mol. The quantitative estimate of drug-likeness (QED) is 0.457. The zero-order valence-electron chi connectivity index (χ0n) is 17.1. The highest BCUT2D eigenvalue weighted by molar-refractivity contribution is 6.06. The SMILES string of the molecule is N#Cc1cc2c3c(c1)c(O)c(C(=O)NCC(=O)O)c(=O)n3CC(c1ccc(C(F)(F)F)cc1)N2. The van der Waals surface area contributed by atoms with Crippen LogP contribution in [0.3, 0.4) is 0 Å². The van der Waals surface area contributed by atoms with Gasteiger partial charge in [0.15, 0.2) is 0 Å². The molecule has 174 valence electrons. The van der Waals surface area contributed by atoms with E-state index in [0.29, 0.717) is 5.56 Å². The molecule has 34 heavy (non-hydrogen) atoms. The van der Waals surface area contributed by atoms with Crippen molar-refractivity contribution in [3.63, 3.8) is 0 Å². The van der Waals surface area contributed by atoms with Crippen molar-refractivity contribution in [1.82, 2.24) is 9.88 Å². The molecule has 1 unspecified atom stereocenters. The largest absolute Gasteiger partial charge is 0.506 e. The van der Waals surface area contributed by atoms with E-state index in [1.807, 2.05) is 11.4 Å². The first kappa shape index (κ1) is 22.7. The lowest BCUT2D eigenvalue weighted by Gasteiger charge is -2.30. The zero-order valence-corrected chi connectivity index (χ0v) is 17.1. The van der Waals surface area contributed by atoms with Crippen molar-refractivity contribution in [1.29, 1.82) is 5.26 Å². The van der Waals surface area contributed by atoms with Crippen LogP contribution in [0.5, 0.6) is 5.75 Å². The molecule has 3 aromatic rings. The van der Waals surface area contributed by atoms with Crippen LogP contribution in [0.15, 0.2) is 41.2 Å². The van der Waals surface area contributed by atoms with Crippen LogP contribution in [0.2, 0.25) is 0 Å². The lowest BCUT2D eigenvalue weighted by atomic mass is 9.98. The van der Waals surface area contributed by atoms with E-state index in [2.05, 4.69) is 5.32 Å². The number of nitriles is 1. The van der Waals surface area contributed by atoms with E-state index in [1.54, 1.807) is 0 Å². The molecule has 2 heterocycles. The zero-order chi connectivity index (χ0) is 24.8. The van der Waals surface area contributed by atoms with Gasteiger partial charge in [-0.05, 0) is 29.8 Å². The summed E-state index contributed by atoms with van der Waals surface area (Å²) in [5.74, 6) is -3.20. The molecule has 1 aliphatic heterocycles. The number of aromatic nitrogens is 1. The minimum Gasteiger partial charge on any atom is -0.506 e. The van der Waals surface area contributed by atoms with Crippen molar-refractivity contribution in [2.24, 2.45) is 0 Å². The number of alkyl halides is 3. The van der Waals surface area contributed by atoms with Gasteiger partial charge in [-0.3, -0.25) is 14.4 Å². The fourth-order valence-electron chi connectivity index (χ4n) is 3.89. The molecule has 1 atom stereocenters. The maximum atomic E-state index is 13.2. The molecule has 0 saturated carbocycles. The van der Waals surface area contributed by atoms with E-state index in [9.17, 15) is 37.9 Å². The average Bonchev–Trinajstić information content (AvgIpc) is 2.79. The molecule has 2 aromatic carbocycles. The fraction of sp³-hybridized carbons (Fsp3) is 0.182. The Balaban J connectivity index is 1.86. The normalized spacial score (nSPS) is 14.8. The second-order valence-corrected chi connectivity index (χ2v) is 7.56. The Morgan fingerprint density at radius 1 is 1.24 bits per heavy atom. The van der Waals surface area contributed by atoms with E-state index < -0.39 is 53.1 Å². The third-order valence-corrected chi connectivity index (χ3v) is 5.42. The minimum atomic E-state index is -4.52. The third-order valence-electron chi connectivity index (χ3n) is 5.42. The first-order chi connectivity index (χ1) is 16.0. The Morgan fingerprint density at radius 2 is 1.91 bits per heavy atom. The van der Waals surface area contributed by atoms with E-state index >= 15 is 0 Å². The number of nitrogens with zero attached hydrogens (tertiary/aromatic N) is 2. The summed E-state index contributed by atoms with van der Waals surface area (Å²) >= 11 is 0. The van der Waals surface area contributed by atoms with Gasteiger partial charge in [-0.1, -0.05) is 12.1 Å². The van der Waals surface area contributed by atoms with Crippen molar-refractivity contribution >= 4 is 28.5 Å². The minimum absolute atomic E-state index is 0.00694. The van der Waals surface area contributed by atoms with E-state index in [0.717, 1.165) is 12.1 Å². The number of aliphatic carboxylic acids is 1. The Kier molecular flexibility index (Phi) is 5.40. The van der Waals surface area contributed by atoms with Gasteiger partial charge in [0.25, 0.3) is 11.5 Å². The van der Waals surface area contributed by atoms with E-state index in [4.69, 9.17) is 5.11 Å². The van der Waals surface area contributed by atoms with Crippen LogP contribution >= 0.6 is 0 Å². The maximum Gasteiger partial charge on any atom is 0.416 e. The number of hydrogen-bond acceptors (Lipinski definition) is 6. The molecule has 0 saturated heterocycles. The van der Waals surface area contributed by atoms with Gasteiger partial charge in [-0.2, -0.15) is 18.4 Å². The Labute approximate surface area is 188 Å². The highest BCUT2D eigenvalue weighted by Gasteiger charge is 2.32. The molecule has 0 aliphatic carbocycles. The summed E-state index contributed by atoms with van der Waals surface area (Å²) in [5.41, 5.74) is -1.53. The van der Waals surface area contributed by atoms with E-state index in [1.165, 1.54) is 28.8 Å². The number of halogens is 3. The number of pyridine rings is 1. The van der Waals surface area contributed by atoms with Gasteiger partial charge < -0.3 is 25.4 Å². The van der Waals surface area contributed by atoms with Crippen molar-refractivity contribution in [2.45, 2.75) is 18.8 Å². The van der Waals surface area contributed by atoms with Crippen molar-refractivity contribution in [3.8, 4) is 11.8 Å². The number of nitrogens with one attached hydrogen (secondary N) is 2. The van der Waals surface area contributed by atoms with Crippen LogP contribution in [-0.4, -0.2) is 33.2 Å².